The van der Waals surface area contributed by atoms with E-state index in [4.69, 9.17) is 11.0 Å². The Hall–Kier alpha value is -0.160. The maximum absolute atomic E-state index is 8.73. The lowest BCUT2D eigenvalue weighted by atomic mass is 10.6. The van der Waals surface area contributed by atoms with Crippen LogP contribution >= 0.6 is 0 Å². The summed E-state index contributed by atoms with van der Waals surface area (Å²) in [6.45, 7) is 2.70. The lowest BCUT2D eigenvalue weighted by Crippen LogP contribution is -3.10. The largest absolute Gasteiger partial charge is 0.413 e. The van der Waals surface area contributed by atoms with Crippen LogP contribution in [0.15, 0.2) is 0 Å². The van der Waals surface area contributed by atoms with Crippen LogP contribution in [0.3, 0.4) is 0 Å². The summed E-state index contributed by atoms with van der Waals surface area (Å²) in [5.74, 6) is 6.90. The van der Waals surface area contributed by atoms with Crippen molar-refractivity contribution in [3.63, 3.8) is 0 Å². The van der Waals surface area contributed by atoms with Crippen molar-refractivity contribution in [3.05, 3.63) is 5.84 Å². The summed E-state index contributed by atoms with van der Waals surface area (Å²) < 4.78 is 0. The molecule has 1 saturated carbocycles. The minimum Gasteiger partial charge on any atom is -0.413 e. The first-order valence-electron chi connectivity index (χ1n) is 3.30. The molecule has 0 bridgehead atoms. The predicted molar refractivity (Wildman–Crippen MR) is 32.5 cm³/mol. The summed E-state index contributed by atoms with van der Waals surface area (Å²) in [7, 11) is 0. The van der Waals surface area contributed by atoms with Crippen LogP contribution in [0.25, 0.3) is 5.84 Å². The van der Waals surface area contributed by atoms with Gasteiger partial charge in [0, 0.05) is 6.54 Å². The van der Waals surface area contributed by atoms with Crippen LogP contribution in [0.1, 0.15) is 19.8 Å². The average molecular weight is 131 g/mol. The second-order valence-corrected chi connectivity index (χ2v) is 2.34. The Bertz CT molecular complexity index is 90.2. The summed E-state index contributed by atoms with van der Waals surface area (Å²) in [5.41, 5.74) is 0. The fourth-order valence-electron chi connectivity index (χ4n) is 0.967. The van der Waals surface area contributed by atoms with Crippen LogP contribution in [-0.2, 0) is 0 Å². The number of quaternary nitrogens is 1. The van der Waals surface area contributed by atoms with Crippen molar-refractivity contribution in [2.45, 2.75) is 25.8 Å². The normalized spacial score (nSPS) is 22.7. The van der Waals surface area contributed by atoms with Crippen molar-refractivity contribution < 1.29 is 10.5 Å². The van der Waals surface area contributed by atoms with E-state index >= 15 is 0 Å². The number of nitrogens with zero attached hydrogens (tertiary/aromatic N) is 1. The van der Waals surface area contributed by atoms with Gasteiger partial charge in [-0.3, -0.25) is 0 Å². The summed E-state index contributed by atoms with van der Waals surface area (Å²) in [6, 6.07) is 0.465. The van der Waals surface area contributed by atoms with Crippen molar-refractivity contribution in [3.8, 4) is 0 Å². The Morgan fingerprint density at radius 3 is 2.44 bits per heavy atom. The first-order valence-corrected chi connectivity index (χ1v) is 3.30. The molecule has 0 spiro atoms. The fourth-order valence-corrected chi connectivity index (χ4v) is 0.967. The van der Waals surface area contributed by atoms with Crippen molar-refractivity contribution in [1.29, 1.82) is 0 Å². The van der Waals surface area contributed by atoms with Gasteiger partial charge in [-0.2, -0.15) is 5.28 Å². The zero-order valence-electron chi connectivity index (χ0n) is 5.59. The monoisotopic (exact) mass is 131 g/mol. The Labute approximate surface area is 54.7 Å². The van der Waals surface area contributed by atoms with E-state index in [9.17, 15) is 0 Å². The molecule has 0 aromatic carbocycles. The van der Waals surface area contributed by atoms with Gasteiger partial charge in [0.1, 0.15) is 0 Å². The van der Waals surface area contributed by atoms with Gasteiger partial charge in [0.15, 0.2) is 0 Å². The van der Waals surface area contributed by atoms with Crippen LogP contribution < -0.4 is 5.28 Å². The Balaban J connectivity index is 2.28. The van der Waals surface area contributed by atoms with Gasteiger partial charge in [-0.25, -0.2) is 5.21 Å². The number of hydrogen-bond acceptors (Lipinski definition) is 2. The molecule has 0 aliphatic heterocycles. The molecule has 0 radical (unpaired) electrons. The van der Waals surface area contributed by atoms with Crippen LogP contribution in [0.5, 0.6) is 0 Å². The zero-order chi connectivity index (χ0) is 6.85. The van der Waals surface area contributed by atoms with E-state index in [0.29, 0.717) is 6.04 Å². The lowest BCUT2D eigenvalue weighted by molar-refractivity contribution is -1.14. The van der Waals surface area contributed by atoms with Gasteiger partial charge in [0.05, 0.1) is 6.04 Å². The molecule has 1 fully saturated rings. The molecule has 4 heteroatoms. The first-order chi connectivity index (χ1) is 4.25. The predicted octanol–water partition coefficient (Wildman–Crippen LogP) is -0.373. The SMILES string of the molecule is CCN(C1CC1)[NH+]([NH-])O. The number of rotatable bonds is 3. The highest BCUT2D eigenvalue weighted by molar-refractivity contribution is 4.78. The van der Waals surface area contributed by atoms with Crippen LogP contribution in [0, 0.1) is 0 Å². The maximum atomic E-state index is 8.73. The second kappa shape index (κ2) is 2.62. The molecular weight excluding hydrogens is 118 g/mol. The smallest absolute Gasteiger partial charge is 0.0612 e. The molecule has 0 saturated heterocycles. The molecule has 1 unspecified atom stereocenters. The maximum Gasteiger partial charge on any atom is 0.0612 e. The fraction of sp³-hybridized carbons (Fsp3) is 1.00. The number of hydrogen-bond donors (Lipinski definition) is 2. The van der Waals surface area contributed by atoms with Gasteiger partial charge in [0.25, 0.3) is 0 Å². The van der Waals surface area contributed by atoms with E-state index < -0.39 is 0 Å². The van der Waals surface area contributed by atoms with Gasteiger partial charge >= 0.3 is 0 Å². The molecule has 0 heterocycles. The second-order valence-electron chi connectivity index (χ2n) is 2.34. The molecule has 0 aromatic heterocycles. The van der Waals surface area contributed by atoms with Gasteiger partial charge in [-0.05, 0) is 19.8 Å². The first kappa shape index (κ1) is 6.95. The summed E-state index contributed by atoms with van der Waals surface area (Å²) in [4.78, 5) is 0. The van der Waals surface area contributed by atoms with Crippen molar-refractivity contribution >= 4 is 0 Å². The summed E-state index contributed by atoms with van der Waals surface area (Å²) in [6.07, 6.45) is 2.27. The molecule has 9 heavy (non-hydrogen) atoms. The van der Waals surface area contributed by atoms with E-state index in [1.807, 2.05) is 6.92 Å². The molecule has 0 amide bonds. The third-order valence-corrected chi connectivity index (χ3v) is 1.60. The Kier molecular flexibility index (Phi) is 2.02. The average Bonchev–Trinajstić information content (AvgIpc) is 2.50. The van der Waals surface area contributed by atoms with Crippen molar-refractivity contribution in [1.82, 2.24) is 5.01 Å². The minimum atomic E-state index is -0.278. The highest BCUT2D eigenvalue weighted by Gasteiger charge is 2.31. The van der Waals surface area contributed by atoms with Gasteiger partial charge < -0.3 is 5.84 Å². The summed E-state index contributed by atoms with van der Waals surface area (Å²) in [5, 5.41) is 10.2. The molecule has 3 N–H and O–H groups in total. The van der Waals surface area contributed by atoms with Gasteiger partial charge in [-0.1, -0.05) is 0 Å². The van der Waals surface area contributed by atoms with Crippen molar-refractivity contribution in [2.75, 3.05) is 6.54 Å². The Morgan fingerprint density at radius 2 is 2.33 bits per heavy atom. The van der Waals surface area contributed by atoms with Crippen molar-refractivity contribution in [2.24, 2.45) is 0 Å². The van der Waals surface area contributed by atoms with Crippen LogP contribution in [0.2, 0.25) is 0 Å². The number of nitrogens with one attached hydrogen (secondary N) is 2. The van der Waals surface area contributed by atoms with E-state index in [2.05, 4.69) is 0 Å². The highest BCUT2D eigenvalue weighted by Crippen LogP contribution is 2.23. The van der Waals surface area contributed by atoms with E-state index in [1.54, 1.807) is 5.01 Å². The molecule has 4 nitrogen and oxygen atoms in total. The van der Waals surface area contributed by atoms with Gasteiger partial charge in [0.2, 0.25) is 0 Å². The molecular formula is C5H13N3O. The van der Waals surface area contributed by atoms with E-state index in [0.717, 1.165) is 19.4 Å². The lowest BCUT2D eigenvalue weighted by Gasteiger charge is -2.24. The zero-order valence-corrected chi connectivity index (χ0v) is 5.59. The van der Waals surface area contributed by atoms with Crippen LogP contribution in [-0.4, -0.2) is 22.8 Å². The Morgan fingerprint density at radius 1 is 1.78 bits per heavy atom. The summed E-state index contributed by atoms with van der Waals surface area (Å²) >= 11 is 0. The molecule has 54 valence electrons. The third kappa shape index (κ3) is 1.62. The van der Waals surface area contributed by atoms with Gasteiger partial charge in [-0.15, -0.1) is 5.01 Å². The van der Waals surface area contributed by atoms with E-state index in [-0.39, 0.29) is 5.28 Å². The molecule has 1 aliphatic rings. The van der Waals surface area contributed by atoms with E-state index in [1.165, 1.54) is 0 Å². The molecule has 1 rings (SSSR count). The molecule has 0 aromatic rings. The molecule has 1 atom stereocenters. The third-order valence-electron chi connectivity index (χ3n) is 1.60. The minimum absolute atomic E-state index is 0.278. The van der Waals surface area contributed by atoms with Crippen LogP contribution in [0.4, 0.5) is 0 Å². The molecule has 1 aliphatic carbocycles. The standard InChI is InChI=1S/C5H13N3O/c1-2-7(8(6)9)5-3-4-5/h5-6,8-9H,2-4H2,1H3. The quantitative estimate of drug-likeness (QED) is 0.513. The highest BCUT2D eigenvalue weighted by atomic mass is 16.6. The topological polar surface area (TPSA) is 51.7 Å².